The van der Waals surface area contributed by atoms with Crippen LogP contribution in [0.3, 0.4) is 0 Å². The molecule has 1 aliphatic carbocycles. The SMILES string of the molecule is CCc1nc(-c2ccc3c(c2)CC[C@H]3NC(=O)c2cnn(C3CN(C(=O)OC)C3)c2)no1. The van der Waals surface area contributed by atoms with E-state index in [2.05, 4.69) is 26.6 Å². The van der Waals surface area contributed by atoms with Crippen LogP contribution in [0.2, 0.25) is 0 Å². The highest BCUT2D eigenvalue weighted by Gasteiger charge is 2.33. The summed E-state index contributed by atoms with van der Waals surface area (Å²) >= 11 is 0. The molecule has 10 nitrogen and oxygen atoms in total. The van der Waals surface area contributed by atoms with Crippen molar-refractivity contribution < 1.29 is 18.8 Å². The highest BCUT2D eigenvalue weighted by Crippen LogP contribution is 2.34. The Bertz CT molecular complexity index is 1160. The van der Waals surface area contributed by atoms with Crippen LogP contribution in [0.25, 0.3) is 11.4 Å². The standard InChI is InChI=1S/C22H24N6O4/c1-3-19-25-20(26-32-19)14-4-6-17-13(8-14)5-7-18(17)24-21(29)15-9-23-28(10-15)16-11-27(12-16)22(30)31-2/h4,6,8-10,16,18H,3,5,7,11-12H2,1-2H3,(H,24,29)/t18-/m1/s1. The van der Waals surface area contributed by atoms with Crippen molar-refractivity contribution >= 4 is 12.0 Å². The monoisotopic (exact) mass is 436 g/mol. The fourth-order valence-corrected chi connectivity index (χ4v) is 4.22. The fourth-order valence-electron chi connectivity index (χ4n) is 4.22. The molecule has 0 bridgehead atoms. The molecule has 0 radical (unpaired) electrons. The molecular weight excluding hydrogens is 412 g/mol. The minimum atomic E-state index is -0.348. The summed E-state index contributed by atoms with van der Waals surface area (Å²) < 4.78 is 11.7. The summed E-state index contributed by atoms with van der Waals surface area (Å²) in [7, 11) is 1.36. The zero-order valence-electron chi connectivity index (χ0n) is 17.9. The average molecular weight is 436 g/mol. The number of hydrogen-bond donors (Lipinski definition) is 1. The molecule has 2 aromatic heterocycles. The van der Waals surface area contributed by atoms with Gasteiger partial charge in [0.2, 0.25) is 11.7 Å². The highest BCUT2D eigenvalue weighted by atomic mass is 16.5. The molecule has 2 amide bonds. The minimum Gasteiger partial charge on any atom is -0.453 e. The summed E-state index contributed by atoms with van der Waals surface area (Å²) in [5.74, 6) is 1.05. The average Bonchev–Trinajstić information content (AvgIpc) is 3.52. The fraction of sp³-hybridized carbons (Fsp3) is 0.409. The minimum absolute atomic E-state index is 0.0510. The van der Waals surface area contributed by atoms with Gasteiger partial charge in [-0.2, -0.15) is 10.1 Å². The third-order valence-electron chi connectivity index (χ3n) is 6.09. The number of aromatic nitrogens is 4. The van der Waals surface area contributed by atoms with E-state index in [1.807, 2.05) is 19.1 Å². The molecule has 3 aromatic rings. The first-order valence-corrected chi connectivity index (χ1v) is 10.7. The van der Waals surface area contributed by atoms with Crippen LogP contribution in [0.1, 0.15) is 52.8 Å². The number of benzene rings is 1. The molecular formula is C22H24N6O4. The number of aryl methyl sites for hydroxylation is 2. The molecule has 3 heterocycles. The molecule has 1 fully saturated rings. The van der Waals surface area contributed by atoms with Crippen molar-refractivity contribution in [3.05, 3.63) is 53.2 Å². The van der Waals surface area contributed by atoms with E-state index in [4.69, 9.17) is 9.26 Å². The third-order valence-corrected chi connectivity index (χ3v) is 6.09. The highest BCUT2D eigenvalue weighted by molar-refractivity contribution is 5.94. The van der Waals surface area contributed by atoms with Gasteiger partial charge in [-0.05, 0) is 30.0 Å². The van der Waals surface area contributed by atoms with Gasteiger partial charge < -0.3 is 19.5 Å². The second kappa shape index (κ2) is 8.10. The Balaban J connectivity index is 1.23. The van der Waals surface area contributed by atoms with Crippen LogP contribution in [0, 0.1) is 0 Å². The van der Waals surface area contributed by atoms with Gasteiger partial charge in [-0.3, -0.25) is 9.48 Å². The summed E-state index contributed by atoms with van der Waals surface area (Å²) in [5.41, 5.74) is 3.72. The number of hydrogen-bond acceptors (Lipinski definition) is 7. The molecule has 1 aromatic carbocycles. The van der Waals surface area contributed by atoms with Crippen LogP contribution < -0.4 is 5.32 Å². The van der Waals surface area contributed by atoms with Gasteiger partial charge in [0.1, 0.15) is 0 Å². The first kappa shape index (κ1) is 20.2. The van der Waals surface area contributed by atoms with E-state index in [1.54, 1.807) is 22.0 Å². The number of carbonyl (C=O) groups excluding carboxylic acids is 2. The number of likely N-dealkylation sites (tertiary alicyclic amines) is 1. The number of nitrogens with zero attached hydrogens (tertiary/aromatic N) is 5. The first-order chi connectivity index (χ1) is 15.6. The lowest BCUT2D eigenvalue weighted by atomic mass is 10.0. The van der Waals surface area contributed by atoms with Gasteiger partial charge >= 0.3 is 6.09 Å². The van der Waals surface area contributed by atoms with E-state index >= 15 is 0 Å². The Hall–Kier alpha value is -3.69. The Morgan fingerprint density at radius 3 is 2.91 bits per heavy atom. The maximum absolute atomic E-state index is 12.8. The van der Waals surface area contributed by atoms with E-state index in [9.17, 15) is 9.59 Å². The lowest BCUT2D eigenvalue weighted by Crippen LogP contribution is -2.50. The zero-order valence-corrected chi connectivity index (χ0v) is 17.9. The molecule has 1 aliphatic heterocycles. The number of rotatable bonds is 5. The van der Waals surface area contributed by atoms with E-state index in [0.29, 0.717) is 36.8 Å². The lowest BCUT2D eigenvalue weighted by Gasteiger charge is -2.37. The van der Waals surface area contributed by atoms with Crippen LogP contribution in [0.5, 0.6) is 0 Å². The van der Waals surface area contributed by atoms with E-state index in [1.165, 1.54) is 12.7 Å². The van der Waals surface area contributed by atoms with Gasteiger partial charge in [-0.1, -0.05) is 24.2 Å². The molecule has 1 N–H and O–H groups in total. The normalized spacial score (nSPS) is 17.7. The van der Waals surface area contributed by atoms with Crippen molar-refractivity contribution in [1.82, 2.24) is 30.1 Å². The summed E-state index contributed by atoms with van der Waals surface area (Å²) in [6, 6.07) is 6.08. The summed E-state index contributed by atoms with van der Waals surface area (Å²) in [5, 5.41) is 11.5. The Kier molecular flexibility index (Phi) is 5.12. The summed E-state index contributed by atoms with van der Waals surface area (Å²) in [6.45, 7) is 3.02. The van der Waals surface area contributed by atoms with E-state index in [0.717, 1.165) is 24.0 Å². The molecule has 0 saturated carbocycles. The predicted molar refractivity (Wildman–Crippen MR) is 113 cm³/mol. The van der Waals surface area contributed by atoms with Crippen LogP contribution in [-0.4, -0.2) is 57.0 Å². The van der Waals surface area contributed by atoms with Crippen molar-refractivity contribution in [2.45, 2.75) is 38.3 Å². The first-order valence-electron chi connectivity index (χ1n) is 10.7. The molecule has 1 atom stereocenters. The second-order valence-electron chi connectivity index (χ2n) is 8.08. The largest absolute Gasteiger partial charge is 0.453 e. The van der Waals surface area contributed by atoms with Crippen LogP contribution in [0.15, 0.2) is 35.1 Å². The molecule has 5 rings (SSSR count). The summed E-state index contributed by atoms with van der Waals surface area (Å²) in [4.78, 5) is 30.3. The molecule has 32 heavy (non-hydrogen) atoms. The maximum atomic E-state index is 12.8. The Morgan fingerprint density at radius 1 is 1.31 bits per heavy atom. The van der Waals surface area contributed by atoms with Gasteiger partial charge in [-0.15, -0.1) is 0 Å². The number of methoxy groups -OCH3 is 1. The predicted octanol–water partition coefficient (Wildman–Crippen LogP) is 2.54. The van der Waals surface area contributed by atoms with Gasteiger partial charge in [-0.25, -0.2) is 4.79 Å². The number of carbonyl (C=O) groups is 2. The van der Waals surface area contributed by atoms with Crippen molar-refractivity contribution in [2.75, 3.05) is 20.2 Å². The maximum Gasteiger partial charge on any atom is 0.409 e. The molecule has 2 aliphatic rings. The quantitative estimate of drug-likeness (QED) is 0.653. The summed E-state index contributed by atoms with van der Waals surface area (Å²) in [6.07, 6.45) is 5.36. The van der Waals surface area contributed by atoms with Gasteiger partial charge in [0.05, 0.1) is 31.0 Å². The van der Waals surface area contributed by atoms with E-state index < -0.39 is 0 Å². The van der Waals surface area contributed by atoms with Crippen molar-refractivity contribution in [3.8, 4) is 11.4 Å². The second-order valence-corrected chi connectivity index (χ2v) is 8.08. The van der Waals surface area contributed by atoms with Crippen molar-refractivity contribution in [1.29, 1.82) is 0 Å². The molecule has 1 saturated heterocycles. The number of ether oxygens (including phenoxy) is 1. The smallest absolute Gasteiger partial charge is 0.409 e. The van der Waals surface area contributed by atoms with Gasteiger partial charge in [0.25, 0.3) is 5.91 Å². The zero-order chi connectivity index (χ0) is 22.2. The lowest BCUT2D eigenvalue weighted by molar-refractivity contribution is 0.0673. The number of nitrogens with one attached hydrogen (secondary N) is 1. The molecule has 166 valence electrons. The van der Waals surface area contributed by atoms with Crippen LogP contribution in [-0.2, 0) is 17.6 Å². The third kappa shape index (κ3) is 3.61. The number of amides is 2. The topological polar surface area (TPSA) is 115 Å². The van der Waals surface area contributed by atoms with Crippen molar-refractivity contribution in [3.63, 3.8) is 0 Å². The van der Waals surface area contributed by atoms with Gasteiger partial charge in [0, 0.05) is 31.3 Å². The molecule has 10 heteroatoms. The van der Waals surface area contributed by atoms with Crippen LogP contribution in [0.4, 0.5) is 4.79 Å². The Morgan fingerprint density at radius 2 is 2.16 bits per heavy atom. The van der Waals surface area contributed by atoms with Crippen molar-refractivity contribution in [2.24, 2.45) is 0 Å². The van der Waals surface area contributed by atoms with E-state index in [-0.39, 0.29) is 24.1 Å². The number of fused-ring (bicyclic) bond motifs is 1. The van der Waals surface area contributed by atoms with Gasteiger partial charge in [0.15, 0.2) is 0 Å². The molecule has 0 unspecified atom stereocenters. The molecule has 0 spiro atoms. The Labute approximate surface area is 184 Å². The van der Waals surface area contributed by atoms with Crippen LogP contribution >= 0.6 is 0 Å².